The van der Waals surface area contributed by atoms with Crippen LogP contribution in [0.1, 0.15) is 32.3 Å². The number of hydrogen-bond donors (Lipinski definition) is 2. The van der Waals surface area contributed by atoms with Gasteiger partial charge in [0.25, 0.3) is 5.69 Å². The molecular formula is C20H23N3O4S. The number of hydrogen-bond acceptors (Lipinski definition) is 5. The molecule has 28 heavy (non-hydrogen) atoms. The lowest BCUT2D eigenvalue weighted by Gasteiger charge is -2.13. The third-order valence-electron chi connectivity index (χ3n) is 3.88. The van der Waals surface area contributed by atoms with Crippen molar-refractivity contribution in [2.24, 2.45) is 0 Å². The fourth-order valence-electron chi connectivity index (χ4n) is 2.45. The Morgan fingerprint density at radius 1 is 1.18 bits per heavy atom. The van der Waals surface area contributed by atoms with E-state index in [4.69, 9.17) is 0 Å². The number of nitro groups is 1. The van der Waals surface area contributed by atoms with E-state index in [1.54, 1.807) is 19.1 Å². The summed E-state index contributed by atoms with van der Waals surface area (Å²) < 4.78 is 0. The Labute approximate surface area is 168 Å². The summed E-state index contributed by atoms with van der Waals surface area (Å²) >= 11 is 1.33. The van der Waals surface area contributed by atoms with E-state index >= 15 is 0 Å². The highest BCUT2D eigenvalue weighted by atomic mass is 32.2. The van der Waals surface area contributed by atoms with Crippen molar-refractivity contribution in [1.82, 2.24) is 5.32 Å². The van der Waals surface area contributed by atoms with Gasteiger partial charge in [-0.2, -0.15) is 0 Å². The number of nitro benzene ring substituents is 1. The number of thioether (sulfide) groups is 1. The quantitative estimate of drug-likeness (QED) is 0.374. The van der Waals surface area contributed by atoms with Crippen molar-refractivity contribution in [3.63, 3.8) is 0 Å². The van der Waals surface area contributed by atoms with Gasteiger partial charge in [-0.3, -0.25) is 19.7 Å². The smallest absolute Gasteiger partial charge is 0.269 e. The van der Waals surface area contributed by atoms with Crippen LogP contribution < -0.4 is 10.6 Å². The highest BCUT2D eigenvalue weighted by Gasteiger charge is 2.15. The molecule has 0 saturated heterocycles. The summed E-state index contributed by atoms with van der Waals surface area (Å²) in [6, 6.07) is 13.5. The molecule has 2 aromatic carbocycles. The predicted octanol–water partition coefficient (Wildman–Crippen LogP) is 4.13. The first kappa shape index (κ1) is 21.4. The van der Waals surface area contributed by atoms with E-state index in [1.165, 1.54) is 23.9 Å². The standard InChI is InChI=1S/C20H23N3O4S/c1-3-5-19(24)22-16-7-4-6-15(12-16)13-21-20(25)14(2)28-18-10-8-17(9-11-18)23(26)27/h4,6-12,14H,3,5,13H2,1-2H3,(H,21,25)(H,22,24). The number of nitrogens with one attached hydrogen (secondary N) is 2. The fraction of sp³-hybridized carbons (Fsp3) is 0.300. The number of nitrogens with zero attached hydrogens (tertiary/aromatic N) is 1. The fourth-order valence-corrected chi connectivity index (χ4v) is 3.34. The molecule has 0 aliphatic rings. The van der Waals surface area contributed by atoms with Gasteiger partial charge < -0.3 is 10.6 Å². The average Bonchev–Trinajstić information content (AvgIpc) is 2.67. The monoisotopic (exact) mass is 401 g/mol. The Bertz CT molecular complexity index is 840. The minimum Gasteiger partial charge on any atom is -0.351 e. The molecule has 2 aromatic rings. The Hall–Kier alpha value is -2.87. The number of benzene rings is 2. The maximum absolute atomic E-state index is 12.3. The molecule has 2 N–H and O–H groups in total. The lowest BCUT2D eigenvalue weighted by Crippen LogP contribution is -2.30. The molecule has 0 spiro atoms. The van der Waals surface area contributed by atoms with Crippen LogP contribution in [0.15, 0.2) is 53.4 Å². The summed E-state index contributed by atoms with van der Waals surface area (Å²) in [4.78, 5) is 35.0. The van der Waals surface area contributed by atoms with E-state index in [-0.39, 0.29) is 22.8 Å². The van der Waals surface area contributed by atoms with E-state index in [0.717, 1.165) is 16.9 Å². The summed E-state index contributed by atoms with van der Waals surface area (Å²) in [7, 11) is 0. The van der Waals surface area contributed by atoms with E-state index in [0.29, 0.717) is 18.7 Å². The maximum atomic E-state index is 12.3. The molecule has 148 valence electrons. The lowest BCUT2D eigenvalue weighted by molar-refractivity contribution is -0.384. The van der Waals surface area contributed by atoms with Crippen molar-refractivity contribution in [3.05, 3.63) is 64.2 Å². The van der Waals surface area contributed by atoms with Crippen LogP contribution in [0.25, 0.3) is 0 Å². The molecule has 1 unspecified atom stereocenters. The maximum Gasteiger partial charge on any atom is 0.269 e. The zero-order valence-electron chi connectivity index (χ0n) is 15.8. The van der Waals surface area contributed by atoms with E-state index < -0.39 is 4.92 Å². The lowest BCUT2D eigenvalue weighted by atomic mass is 10.2. The number of rotatable bonds is 9. The van der Waals surface area contributed by atoms with Gasteiger partial charge >= 0.3 is 0 Å². The molecule has 2 rings (SSSR count). The Morgan fingerprint density at radius 3 is 2.54 bits per heavy atom. The first-order valence-corrected chi connectivity index (χ1v) is 9.84. The third-order valence-corrected chi connectivity index (χ3v) is 5.00. The van der Waals surface area contributed by atoms with Gasteiger partial charge in [-0.25, -0.2) is 0 Å². The highest BCUT2D eigenvalue weighted by molar-refractivity contribution is 8.00. The summed E-state index contributed by atoms with van der Waals surface area (Å²) in [5, 5.41) is 16.0. The molecule has 0 aliphatic heterocycles. The van der Waals surface area contributed by atoms with Crippen LogP contribution in [0, 0.1) is 10.1 Å². The first-order valence-electron chi connectivity index (χ1n) is 8.96. The molecule has 7 nitrogen and oxygen atoms in total. The highest BCUT2D eigenvalue weighted by Crippen LogP contribution is 2.25. The molecule has 0 radical (unpaired) electrons. The third kappa shape index (κ3) is 6.70. The Kier molecular flexibility index (Phi) is 8.01. The van der Waals surface area contributed by atoms with Crippen LogP contribution in [0.3, 0.4) is 0 Å². The number of carbonyl (C=O) groups is 2. The van der Waals surface area contributed by atoms with Crippen LogP contribution >= 0.6 is 11.8 Å². The van der Waals surface area contributed by atoms with Gasteiger partial charge in [0, 0.05) is 35.7 Å². The van der Waals surface area contributed by atoms with Crippen molar-refractivity contribution in [1.29, 1.82) is 0 Å². The first-order chi connectivity index (χ1) is 13.4. The van der Waals surface area contributed by atoms with Crippen molar-refractivity contribution < 1.29 is 14.5 Å². The molecule has 0 saturated carbocycles. The largest absolute Gasteiger partial charge is 0.351 e. The van der Waals surface area contributed by atoms with Gasteiger partial charge in [0.15, 0.2) is 0 Å². The molecule has 0 heterocycles. The number of carbonyl (C=O) groups excluding carboxylic acids is 2. The van der Waals surface area contributed by atoms with Crippen LogP contribution in [0.4, 0.5) is 11.4 Å². The molecule has 2 amide bonds. The zero-order chi connectivity index (χ0) is 20.5. The van der Waals surface area contributed by atoms with Gasteiger partial charge in [0.05, 0.1) is 10.2 Å². The number of amides is 2. The minimum atomic E-state index is -0.455. The van der Waals surface area contributed by atoms with Crippen molar-refractivity contribution in [3.8, 4) is 0 Å². The van der Waals surface area contributed by atoms with Crippen molar-refractivity contribution >= 4 is 35.0 Å². The van der Waals surface area contributed by atoms with E-state index in [9.17, 15) is 19.7 Å². The Balaban J connectivity index is 1.87. The van der Waals surface area contributed by atoms with Gasteiger partial charge in [-0.15, -0.1) is 11.8 Å². The van der Waals surface area contributed by atoms with Crippen LogP contribution in [0.2, 0.25) is 0 Å². The topological polar surface area (TPSA) is 101 Å². The molecule has 0 aromatic heterocycles. The summed E-state index contributed by atoms with van der Waals surface area (Å²) in [5.41, 5.74) is 1.61. The van der Waals surface area contributed by atoms with Crippen LogP contribution in [-0.4, -0.2) is 22.0 Å². The minimum absolute atomic E-state index is 0.0207. The number of non-ortho nitro benzene ring substituents is 1. The van der Waals surface area contributed by atoms with Crippen LogP contribution in [-0.2, 0) is 16.1 Å². The van der Waals surface area contributed by atoms with Crippen molar-refractivity contribution in [2.45, 2.75) is 43.4 Å². The van der Waals surface area contributed by atoms with Crippen molar-refractivity contribution in [2.75, 3.05) is 5.32 Å². The molecule has 8 heteroatoms. The molecule has 0 aliphatic carbocycles. The van der Waals surface area contributed by atoms with E-state index in [2.05, 4.69) is 10.6 Å². The summed E-state index contributed by atoms with van der Waals surface area (Å²) in [5.74, 6) is -0.166. The summed E-state index contributed by atoms with van der Waals surface area (Å²) in [6.07, 6.45) is 1.25. The average molecular weight is 401 g/mol. The van der Waals surface area contributed by atoms with E-state index in [1.807, 2.05) is 31.2 Å². The van der Waals surface area contributed by atoms with Gasteiger partial charge in [0.2, 0.25) is 11.8 Å². The van der Waals surface area contributed by atoms with Gasteiger partial charge in [-0.1, -0.05) is 19.1 Å². The second-order valence-corrected chi connectivity index (χ2v) is 7.64. The molecule has 0 fully saturated rings. The second kappa shape index (κ2) is 10.5. The predicted molar refractivity (Wildman–Crippen MR) is 110 cm³/mol. The van der Waals surface area contributed by atoms with Gasteiger partial charge in [-0.05, 0) is 43.2 Å². The van der Waals surface area contributed by atoms with Crippen LogP contribution in [0.5, 0.6) is 0 Å². The SMILES string of the molecule is CCCC(=O)Nc1cccc(CNC(=O)C(C)Sc2ccc([N+](=O)[O-])cc2)c1. The van der Waals surface area contributed by atoms with Gasteiger partial charge in [0.1, 0.15) is 0 Å². The Morgan fingerprint density at radius 2 is 1.89 bits per heavy atom. The normalized spacial score (nSPS) is 11.5. The molecule has 0 bridgehead atoms. The summed E-state index contributed by atoms with van der Waals surface area (Å²) in [6.45, 7) is 4.08. The molecule has 1 atom stereocenters. The zero-order valence-corrected chi connectivity index (χ0v) is 16.6. The molecular weight excluding hydrogens is 378 g/mol. The number of anilines is 1. The second-order valence-electron chi connectivity index (χ2n) is 6.23.